The summed E-state index contributed by atoms with van der Waals surface area (Å²) in [5.41, 5.74) is 0. The molecular weight excluding hydrogens is 1090 g/mol. The molecule has 0 spiro atoms. The Labute approximate surface area is 461 Å². The fourth-order valence-electron chi connectivity index (χ4n) is 8.64. The molecule has 0 aliphatic carbocycles. The zero-order valence-electron chi connectivity index (χ0n) is 47.2. The van der Waals surface area contributed by atoms with Crippen molar-refractivity contribution in [2.75, 3.05) is 33.5 Å². The van der Waals surface area contributed by atoms with E-state index < -0.39 is 204 Å². The van der Waals surface area contributed by atoms with Gasteiger partial charge in [0.05, 0.1) is 19.6 Å². The first kappa shape index (κ1) is 67.9. The van der Waals surface area contributed by atoms with Crippen LogP contribution in [0.5, 0.6) is 0 Å². The molecule has 0 bridgehead atoms. The van der Waals surface area contributed by atoms with E-state index in [9.17, 15) is 57.5 Å². The third-order valence-corrected chi connectivity index (χ3v) is 13.2. The summed E-state index contributed by atoms with van der Waals surface area (Å²) in [6.45, 7) is 14.5. The molecule has 0 aromatic heterocycles. The molecule has 0 saturated carbocycles. The molecule has 3 fully saturated rings. The van der Waals surface area contributed by atoms with Gasteiger partial charge in [0.15, 0.2) is 49.2 Å². The van der Waals surface area contributed by atoms with Gasteiger partial charge in [-0.05, 0) is 6.04 Å². The second-order valence-corrected chi connectivity index (χ2v) is 25.4. The minimum Gasteiger partial charge on any atom is -0.465 e. The van der Waals surface area contributed by atoms with E-state index in [2.05, 4.69) is 25.0 Å². The Kier molecular flexibility index (Phi) is 25.8. The van der Waals surface area contributed by atoms with Crippen LogP contribution in [-0.2, 0) is 138 Å². The topological polar surface area (TPSA) is 374 Å². The van der Waals surface area contributed by atoms with Gasteiger partial charge in [0.1, 0.15) is 56.4 Å². The molecule has 80 heavy (non-hydrogen) atoms. The van der Waals surface area contributed by atoms with Crippen LogP contribution >= 0.6 is 0 Å². The van der Waals surface area contributed by atoms with Gasteiger partial charge < -0.3 is 85.8 Å². The molecule has 31 heteroatoms. The SMILES string of the molecule is COC(=O)[C@@]1(O[C@H]2[C@@H](OC(C)=O)[C@@H](COC(C)=O)O[C@@H](O[C@H]3[C@H](OC(C)=O)[C@@H](OC(C)=O)[C@H](OCC[Si](C)(C)C)O[C@@H]3COC(C)=O)[C@@H]2OC(C)=O)C[C@H](OC(C)=O)[C@@H](NC(C)=O)[C@H]([C@H](OC(C)=O)[C@@H](COC(C)=O)OC(C)=O)O1. The highest BCUT2D eigenvalue weighted by Crippen LogP contribution is 2.42. The van der Waals surface area contributed by atoms with Crippen LogP contribution in [0.3, 0.4) is 0 Å². The fraction of sp³-hybridized carbons (Fsp3) is 0.755. The summed E-state index contributed by atoms with van der Waals surface area (Å²) < 4.78 is 99.4. The van der Waals surface area contributed by atoms with Crippen LogP contribution in [0.15, 0.2) is 0 Å². The number of methoxy groups -OCH3 is 1. The third-order valence-electron chi connectivity index (χ3n) is 11.5. The number of nitrogens with one attached hydrogen (secondary N) is 1. The Hall–Kier alpha value is -6.38. The Bertz CT molecular complexity index is 2250. The maximum absolute atomic E-state index is 14.8. The van der Waals surface area contributed by atoms with E-state index in [1.165, 1.54) is 0 Å². The van der Waals surface area contributed by atoms with Gasteiger partial charge in [0, 0.05) is 90.8 Å². The summed E-state index contributed by atoms with van der Waals surface area (Å²) in [4.78, 5) is 156. The van der Waals surface area contributed by atoms with Crippen molar-refractivity contribution in [1.82, 2.24) is 5.32 Å². The van der Waals surface area contributed by atoms with Crippen molar-refractivity contribution in [3.63, 3.8) is 0 Å². The van der Waals surface area contributed by atoms with Gasteiger partial charge in [-0.25, -0.2) is 4.79 Å². The van der Waals surface area contributed by atoms with E-state index in [0.717, 1.165) is 83.3 Å². The van der Waals surface area contributed by atoms with Gasteiger partial charge >= 0.3 is 65.7 Å². The van der Waals surface area contributed by atoms with Crippen molar-refractivity contribution in [2.24, 2.45) is 0 Å². The summed E-state index contributed by atoms with van der Waals surface area (Å²) in [5, 5.41) is 2.51. The zero-order valence-corrected chi connectivity index (χ0v) is 48.2. The van der Waals surface area contributed by atoms with Crippen molar-refractivity contribution in [1.29, 1.82) is 0 Å². The summed E-state index contributed by atoms with van der Waals surface area (Å²) in [6.07, 6.45) is -27.7. The molecule has 0 aromatic carbocycles. The molecule has 30 nitrogen and oxygen atoms in total. The highest BCUT2D eigenvalue weighted by atomic mass is 28.3. The van der Waals surface area contributed by atoms with Crippen molar-refractivity contribution in [2.45, 2.75) is 206 Å². The van der Waals surface area contributed by atoms with Crippen molar-refractivity contribution >= 4 is 79.6 Å². The standard InChI is InChI=1S/C49H73NO29Si/c1-22(51)50-37-33(68-26(5)55)18-49(48(62)63-12,78-41(37)38(70-28(7)57)34(69-27(6)56)19-65-23(2)52)79-43-40(71-29(8)58)36(21-67-25(4)54)76-47(45(43)74-32(11)61)77-39-35(20-66-24(3)53)75-46(64-16-17-80(13,14)15)44(73-31(10)60)42(39)72-30(9)59/h33-47H,16-21H2,1-15H3,(H,50,51)/t33-,34+,35+,36+,37+,38+,39+,40-,41+,42-,43-,44+,45+,46+,47-,49-/m0/s1. The molecule has 3 aliphatic heterocycles. The van der Waals surface area contributed by atoms with E-state index >= 15 is 0 Å². The molecule has 452 valence electrons. The quantitative estimate of drug-likeness (QED) is 0.0710. The predicted octanol–water partition coefficient (Wildman–Crippen LogP) is -0.0645. The molecular formula is C49H73NO29Si. The van der Waals surface area contributed by atoms with Crippen molar-refractivity contribution in [3.05, 3.63) is 0 Å². The maximum atomic E-state index is 14.8. The first-order valence-electron chi connectivity index (χ1n) is 25.1. The maximum Gasteiger partial charge on any atom is 0.366 e. The largest absolute Gasteiger partial charge is 0.465 e. The number of hydrogen-bond acceptors (Lipinski definition) is 29. The number of carbonyl (C=O) groups is 12. The summed E-state index contributed by atoms with van der Waals surface area (Å²) in [6, 6.07) is -1.15. The van der Waals surface area contributed by atoms with E-state index in [1.807, 2.05) is 0 Å². The van der Waals surface area contributed by atoms with Crippen LogP contribution in [0.2, 0.25) is 25.7 Å². The first-order chi connectivity index (χ1) is 37.2. The van der Waals surface area contributed by atoms with Crippen molar-refractivity contribution in [3.8, 4) is 0 Å². The number of carbonyl (C=O) groups excluding carboxylic acids is 12. The first-order valence-corrected chi connectivity index (χ1v) is 28.8. The van der Waals surface area contributed by atoms with Crippen LogP contribution in [0, 0.1) is 0 Å². The van der Waals surface area contributed by atoms with Crippen LogP contribution in [0.25, 0.3) is 0 Å². The Morgan fingerprint density at radius 1 is 0.550 bits per heavy atom. The molecule has 1 amide bonds. The molecule has 16 atom stereocenters. The second kappa shape index (κ2) is 30.4. The lowest BCUT2D eigenvalue weighted by atomic mass is 9.87. The molecule has 0 aromatic rings. The molecule has 0 unspecified atom stereocenters. The lowest BCUT2D eigenvalue weighted by Gasteiger charge is -2.52. The Balaban J connectivity index is 2.53. The Morgan fingerprint density at radius 2 is 1.02 bits per heavy atom. The average Bonchev–Trinajstić information content (AvgIpc) is 3.30. The van der Waals surface area contributed by atoms with Crippen molar-refractivity contribution < 1.29 is 138 Å². The minimum absolute atomic E-state index is 0.0401. The van der Waals surface area contributed by atoms with Gasteiger partial charge in [-0.3, -0.25) is 52.7 Å². The number of rotatable bonds is 25. The molecule has 3 rings (SSSR count). The summed E-state index contributed by atoms with van der Waals surface area (Å²) in [7, 11) is -0.970. The molecule has 3 saturated heterocycles. The van der Waals surface area contributed by atoms with Crippen LogP contribution in [-0.4, -0.2) is 211 Å². The highest BCUT2D eigenvalue weighted by Gasteiger charge is 2.64. The Morgan fingerprint density at radius 3 is 1.49 bits per heavy atom. The smallest absolute Gasteiger partial charge is 0.366 e. The van der Waals surface area contributed by atoms with Gasteiger partial charge in [-0.1, -0.05) is 19.6 Å². The van der Waals surface area contributed by atoms with E-state index in [-0.39, 0.29) is 6.61 Å². The monoisotopic (exact) mass is 1170 g/mol. The fourth-order valence-corrected chi connectivity index (χ4v) is 9.37. The van der Waals surface area contributed by atoms with Gasteiger partial charge in [0.2, 0.25) is 5.91 Å². The number of hydrogen-bond donors (Lipinski definition) is 1. The number of esters is 11. The van der Waals surface area contributed by atoms with E-state index in [4.69, 9.17) is 80.5 Å². The summed E-state index contributed by atoms with van der Waals surface area (Å²) in [5.74, 6) is -15.6. The lowest BCUT2D eigenvalue weighted by Crippen LogP contribution is -2.72. The number of ether oxygens (including phenoxy) is 17. The van der Waals surface area contributed by atoms with Crippen LogP contribution < -0.4 is 5.32 Å². The van der Waals surface area contributed by atoms with Crippen LogP contribution in [0.1, 0.15) is 82.6 Å². The second-order valence-electron chi connectivity index (χ2n) is 19.8. The van der Waals surface area contributed by atoms with E-state index in [0.29, 0.717) is 6.04 Å². The van der Waals surface area contributed by atoms with Crippen LogP contribution in [0.4, 0.5) is 0 Å². The molecule has 3 heterocycles. The zero-order chi connectivity index (χ0) is 60.6. The van der Waals surface area contributed by atoms with Gasteiger partial charge in [-0.15, -0.1) is 0 Å². The van der Waals surface area contributed by atoms with E-state index in [1.54, 1.807) is 0 Å². The normalized spacial score (nSPS) is 29.1. The van der Waals surface area contributed by atoms with Gasteiger partial charge in [-0.2, -0.15) is 0 Å². The minimum atomic E-state index is -3.14. The predicted molar refractivity (Wildman–Crippen MR) is 262 cm³/mol. The molecule has 3 aliphatic rings. The highest BCUT2D eigenvalue weighted by molar-refractivity contribution is 6.76. The van der Waals surface area contributed by atoms with Gasteiger partial charge in [0.25, 0.3) is 5.79 Å². The third kappa shape index (κ3) is 20.9. The number of amides is 1. The lowest BCUT2D eigenvalue weighted by molar-refractivity contribution is -0.387. The molecule has 1 N–H and O–H groups in total. The molecule has 0 radical (unpaired) electrons. The summed E-state index contributed by atoms with van der Waals surface area (Å²) >= 11 is 0. The average molecular weight is 1170 g/mol.